The van der Waals surface area contributed by atoms with E-state index in [0.717, 1.165) is 30.2 Å². The number of benzene rings is 1. The maximum atomic E-state index is 11.6. The molecule has 1 fully saturated rings. The molecule has 0 spiro atoms. The van der Waals surface area contributed by atoms with Crippen LogP contribution >= 0.6 is 11.8 Å². The van der Waals surface area contributed by atoms with E-state index in [1.165, 1.54) is 0 Å². The van der Waals surface area contributed by atoms with Gasteiger partial charge in [0.2, 0.25) is 0 Å². The number of rotatable bonds is 3. The zero-order valence-electron chi connectivity index (χ0n) is 11.1. The second-order valence-corrected chi connectivity index (χ2v) is 6.02. The van der Waals surface area contributed by atoms with Crippen molar-refractivity contribution in [3.05, 3.63) is 23.8 Å². The van der Waals surface area contributed by atoms with Crippen LogP contribution in [0.25, 0.3) is 0 Å². The summed E-state index contributed by atoms with van der Waals surface area (Å²) in [7, 11) is 0. The van der Waals surface area contributed by atoms with Gasteiger partial charge >= 0.3 is 5.97 Å². The molecule has 2 heterocycles. The van der Waals surface area contributed by atoms with Gasteiger partial charge in [-0.25, -0.2) is 0 Å². The molecule has 1 aromatic rings. The summed E-state index contributed by atoms with van der Waals surface area (Å²) in [6.45, 7) is 2.65. The van der Waals surface area contributed by atoms with Crippen LogP contribution in [0.3, 0.4) is 0 Å². The average Bonchev–Trinajstić information content (AvgIpc) is 2.48. The number of aliphatic carboxylic acids is 1. The molecule has 0 unspecified atom stereocenters. The highest BCUT2D eigenvalue weighted by Gasteiger charge is 2.29. The van der Waals surface area contributed by atoms with Crippen molar-refractivity contribution in [3.63, 3.8) is 0 Å². The lowest BCUT2D eigenvalue weighted by Gasteiger charge is -2.32. The van der Waals surface area contributed by atoms with E-state index in [9.17, 15) is 9.90 Å². The van der Waals surface area contributed by atoms with Gasteiger partial charge in [-0.05, 0) is 17.7 Å². The third-order valence-electron chi connectivity index (χ3n) is 3.53. The Hall–Kier alpha value is -1.40. The van der Waals surface area contributed by atoms with Gasteiger partial charge in [0.05, 0.1) is 0 Å². The number of ether oxygens (including phenoxy) is 2. The van der Waals surface area contributed by atoms with E-state index < -0.39 is 12.0 Å². The van der Waals surface area contributed by atoms with Crippen molar-refractivity contribution in [3.8, 4) is 11.5 Å². The molecule has 2 aliphatic heterocycles. The summed E-state index contributed by atoms with van der Waals surface area (Å²) < 4.78 is 11.0. The van der Waals surface area contributed by atoms with Crippen LogP contribution < -0.4 is 9.47 Å². The first-order valence-corrected chi connectivity index (χ1v) is 7.85. The van der Waals surface area contributed by atoms with Crippen LogP contribution in [0.15, 0.2) is 18.2 Å². The highest BCUT2D eigenvalue weighted by atomic mass is 32.2. The first-order valence-electron chi connectivity index (χ1n) is 6.70. The maximum absolute atomic E-state index is 11.6. The molecule has 20 heavy (non-hydrogen) atoms. The summed E-state index contributed by atoms with van der Waals surface area (Å²) in [5.74, 6) is 2.49. The number of nitrogens with zero attached hydrogens (tertiary/aromatic N) is 1. The number of hydrogen-bond acceptors (Lipinski definition) is 5. The summed E-state index contributed by atoms with van der Waals surface area (Å²) in [6.07, 6.45) is 0. The molecule has 3 rings (SSSR count). The number of thioether (sulfide) groups is 1. The third kappa shape index (κ3) is 2.71. The molecule has 1 atom stereocenters. The van der Waals surface area contributed by atoms with Gasteiger partial charge in [0, 0.05) is 24.6 Å². The second kappa shape index (κ2) is 5.93. The Labute approximate surface area is 121 Å². The molecule has 0 amide bonds. The van der Waals surface area contributed by atoms with Crippen molar-refractivity contribution >= 4 is 17.7 Å². The van der Waals surface area contributed by atoms with E-state index >= 15 is 0 Å². The summed E-state index contributed by atoms with van der Waals surface area (Å²) in [6, 6.07) is 4.83. The van der Waals surface area contributed by atoms with E-state index in [2.05, 4.69) is 0 Å². The van der Waals surface area contributed by atoms with Crippen molar-refractivity contribution in [2.75, 3.05) is 37.8 Å². The topological polar surface area (TPSA) is 59.0 Å². The Bertz CT molecular complexity index is 502. The van der Waals surface area contributed by atoms with Crippen LogP contribution in [-0.4, -0.2) is 53.8 Å². The van der Waals surface area contributed by atoms with Crippen LogP contribution in [0.2, 0.25) is 0 Å². The molecule has 5 nitrogen and oxygen atoms in total. The van der Waals surface area contributed by atoms with Crippen LogP contribution in [0, 0.1) is 0 Å². The fourth-order valence-electron chi connectivity index (χ4n) is 2.58. The number of fused-ring (bicyclic) bond motifs is 1. The second-order valence-electron chi connectivity index (χ2n) is 4.79. The predicted molar refractivity (Wildman–Crippen MR) is 76.7 cm³/mol. The Morgan fingerprint density at radius 3 is 2.60 bits per heavy atom. The minimum Gasteiger partial charge on any atom is -0.486 e. The van der Waals surface area contributed by atoms with Crippen molar-refractivity contribution in [2.24, 2.45) is 0 Å². The SMILES string of the molecule is O=C(O)[C@H](c1ccc2c(c1)OCCO2)N1CCSCC1. The molecule has 0 aliphatic carbocycles. The quantitative estimate of drug-likeness (QED) is 0.914. The first-order chi connectivity index (χ1) is 9.75. The Morgan fingerprint density at radius 1 is 1.20 bits per heavy atom. The smallest absolute Gasteiger partial charge is 0.325 e. The number of carbonyl (C=O) groups is 1. The van der Waals surface area contributed by atoms with E-state index in [0.29, 0.717) is 24.7 Å². The van der Waals surface area contributed by atoms with Crippen LogP contribution in [0.4, 0.5) is 0 Å². The summed E-state index contributed by atoms with van der Waals surface area (Å²) in [5.41, 5.74) is 0.758. The molecule has 1 aromatic carbocycles. The molecule has 2 aliphatic rings. The Balaban J connectivity index is 1.88. The van der Waals surface area contributed by atoms with Gasteiger partial charge < -0.3 is 14.6 Å². The van der Waals surface area contributed by atoms with Crippen LogP contribution in [0.1, 0.15) is 11.6 Å². The minimum atomic E-state index is -0.812. The first kappa shape index (κ1) is 13.6. The van der Waals surface area contributed by atoms with E-state index in [1.54, 1.807) is 12.1 Å². The van der Waals surface area contributed by atoms with E-state index in [1.807, 2.05) is 22.7 Å². The fraction of sp³-hybridized carbons (Fsp3) is 0.500. The zero-order valence-corrected chi connectivity index (χ0v) is 11.9. The van der Waals surface area contributed by atoms with Gasteiger partial charge in [0.25, 0.3) is 0 Å². The third-order valence-corrected chi connectivity index (χ3v) is 4.47. The van der Waals surface area contributed by atoms with Gasteiger partial charge in [-0.3, -0.25) is 9.69 Å². The van der Waals surface area contributed by atoms with Crippen LogP contribution in [-0.2, 0) is 4.79 Å². The molecule has 0 saturated carbocycles. The van der Waals surface area contributed by atoms with E-state index in [4.69, 9.17) is 9.47 Å². The van der Waals surface area contributed by atoms with Crippen molar-refractivity contribution < 1.29 is 19.4 Å². The highest BCUT2D eigenvalue weighted by molar-refractivity contribution is 7.99. The monoisotopic (exact) mass is 295 g/mol. The maximum Gasteiger partial charge on any atom is 0.325 e. The average molecular weight is 295 g/mol. The zero-order chi connectivity index (χ0) is 13.9. The van der Waals surface area contributed by atoms with Crippen molar-refractivity contribution in [1.29, 1.82) is 0 Å². The molecule has 1 N–H and O–H groups in total. The number of hydrogen-bond donors (Lipinski definition) is 1. The van der Waals surface area contributed by atoms with Gasteiger partial charge in [-0.15, -0.1) is 0 Å². The summed E-state index contributed by atoms with van der Waals surface area (Å²) in [5, 5.41) is 9.56. The normalized spacial score (nSPS) is 20.4. The minimum absolute atomic E-state index is 0.508. The summed E-state index contributed by atoms with van der Waals surface area (Å²) >= 11 is 1.87. The molecule has 0 radical (unpaired) electrons. The lowest BCUT2D eigenvalue weighted by atomic mass is 10.0. The molecule has 0 aromatic heterocycles. The molecule has 1 saturated heterocycles. The largest absolute Gasteiger partial charge is 0.486 e. The molecule has 0 bridgehead atoms. The number of carboxylic acid groups (broad SMARTS) is 1. The molecular formula is C14H17NO4S. The molecule has 108 valence electrons. The summed E-state index contributed by atoms with van der Waals surface area (Å²) in [4.78, 5) is 13.7. The lowest BCUT2D eigenvalue weighted by molar-refractivity contribution is -0.143. The molecule has 6 heteroatoms. The van der Waals surface area contributed by atoms with Crippen LogP contribution in [0.5, 0.6) is 11.5 Å². The van der Waals surface area contributed by atoms with Gasteiger partial charge in [-0.2, -0.15) is 11.8 Å². The van der Waals surface area contributed by atoms with E-state index in [-0.39, 0.29) is 0 Å². The highest BCUT2D eigenvalue weighted by Crippen LogP contribution is 2.34. The Kier molecular flexibility index (Phi) is 4.03. The van der Waals surface area contributed by atoms with Crippen molar-refractivity contribution in [1.82, 2.24) is 4.90 Å². The fourth-order valence-corrected chi connectivity index (χ4v) is 3.51. The number of carboxylic acids is 1. The standard InChI is InChI=1S/C14H17NO4S/c16-14(17)13(15-3-7-20-8-4-15)10-1-2-11-12(9-10)19-6-5-18-11/h1-2,9,13H,3-8H2,(H,16,17)/t13-/m0/s1. The van der Waals surface area contributed by atoms with Gasteiger partial charge in [0.15, 0.2) is 11.5 Å². The molecular weight excluding hydrogens is 278 g/mol. The van der Waals surface area contributed by atoms with Crippen molar-refractivity contribution in [2.45, 2.75) is 6.04 Å². The van der Waals surface area contributed by atoms with Gasteiger partial charge in [0.1, 0.15) is 19.3 Å². The predicted octanol–water partition coefficient (Wildman–Crippen LogP) is 1.63. The Morgan fingerprint density at radius 2 is 1.90 bits per heavy atom. The lowest BCUT2D eigenvalue weighted by Crippen LogP contribution is -2.39. The van der Waals surface area contributed by atoms with Gasteiger partial charge in [-0.1, -0.05) is 6.07 Å².